The Kier molecular flexibility index (Phi) is 8.88. The smallest absolute Gasteiger partial charge is 0.234 e. The molecule has 6 aromatic rings. The molecular weight excluding hydrogens is 626 g/mol. The summed E-state index contributed by atoms with van der Waals surface area (Å²) >= 11 is 7.73. The Morgan fingerprint density at radius 3 is 2.31 bits per heavy atom. The molecule has 0 radical (unpaired) electrons. The minimum Gasteiger partial charge on any atom is -0.377 e. The second kappa shape index (κ2) is 13.2. The van der Waals surface area contributed by atoms with Crippen LogP contribution >= 0.6 is 23.4 Å². The fourth-order valence-electron chi connectivity index (χ4n) is 4.93. The lowest BCUT2D eigenvalue weighted by Crippen LogP contribution is -2.15. The van der Waals surface area contributed by atoms with Crippen molar-refractivity contribution in [2.45, 2.75) is 28.4 Å². The number of anilines is 2. The fourth-order valence-corrected chi connectivity index (χ4v) is 7.66. The highest BCUT2D eigenvalue weighted by molar-refractivity contribution is 7.99. The predicted octanol–water partition coefficient (Wildman–Crippen LogP) is 7.56. The van der Waals surface area contributed by atoms with Gasteiger partial charge in [0.25, 0.3) is 0 Å². The van der Waals surface area contributed by atoms with E-state index in [0.717, 1.165) is 27.7 Å². The Bertz CT molecular complexity index is 2100. The maximum Gasteiger partial charge on any atom is 0.234 e. The van der Waals surface area contributed by atoms with E-state index in [1.165, 1.54) is 11.8 Å². The number of hydrogen-bond acceptors (Lipinski definition) is 7. The van der Waals surface area contributed by atoms with Crippen molar-refractivity contribution in [2.75, 3.05) is 16.4 Å². The van der Waals surface area contributed by atoms with Crippen LogP contribution in [0, 0.1) is 6.92 Å². The number of benzene rings is 5. The molecule has 0 atom stereocenters. The lowest BCUT2D eigenvalue weighted by molar-refractivity contribution is -0.113. The van der Waals surface area contributed by atoms with E-state index in [1.54, 1.807) is 42.5 Å². The first-order chi connectivity index (χ1) is 21.8. The first kappa shape index (κ1) is 30.4. The summed E-state index contributed by atoms with van der Waals surface area (Å²) in [6.45, 7) is 2.03. The van der Waals surface area contributed by atoms with Gasteiger partial charge < -0.3 is 10.6 Å². The highest BCUT2D eigenvalue weighted by Gasteiger charge is 2.25. The topological polar surface area (TPSA) is 106 Å². The quantitative estimate of drug-likeness (QED) is 0.147. The number of halogens is 1. The Morgan fingerprint density at radius 2 is 1.51 bits per heavy atom. The van der Waals surface area contributed by atoms with E-state index in [4.69, 9.17) is 11.6 Å². The van der Waals surface area contributed by atoms with Gasteiger partial charge in [0.2, 0.25) is 15.7 Å². The summed E-state index contributed by atoms with van der Waals surface area (Å²) in [5.41, 5.74) is 2.83. The Hall–Kier alpha value is -4.64. The largest absolute Gasteiger partial charge is 0.377 e. The number of thioether (sulfide) groups is 1. The molecule has 0 saturated carbocycles. The van der Waals surface area contributed by atoms with Gasteiger partial charge in [-0.3, -0.25) is 9.36 Å². The van der Waals surface area contributed by atoms with Gasteiger partial charge in [0.05, 0.1) is 27.9 Å². The number of nitrogens with one attached hydrogen (secondary N) is 2. The number of amides is 1. The van der Waals surface area contributed by atoms with Gasteiger partial charge in [0.15, 0.2) is 11.0 Å². The summed E-state index contributed by atoms with van der Waals surface area (Å²) in [6.07, 6.45) is 0. The third-order valence-electron chi connectivity index (χ3n) is 7.11. The molecular formula is C34H28ClN5O3S2. The van der Waals surface area contributed by atoms with Crippen molar-refractivity contribution in [3.63, 3.8) is 0 Å². The van der Waals surface area contributed by atoms with E-state index in [0.29, 0.717) is 16.7 Å². The molecule has 2 N–H and O–H groups in total. The summed E-state index contributed by atoms with van der Waals surface area (Å²) < 4.78 is 29.1. The van der Waals surface area contributed by atoms with Gasteiger partial charge in [-0.05, 0) is 54.8 Å². The van der Waals surface area contributed by atoms with Gasteiger partial charge in [-0.15, -0.1) is 10.2 Å². The maximum atomic E-state index is 13.6. The number of para-hydroxylation sites is 1. The SMILES string of the molecule is Cc1ccc(S(=O)(=O)c2c(Cl)cccc2NCc2nnc(SCC(=O)Nc3cccc4ccccc34)n2-c2ccccc2)cc1. The lowest BCUT2D eigenvalue weighted by Gasteiger charge is -2.15. The Morgan fingerprint density at radius 1 is 0.822 bits per heavy atom. The molecule has 0 saturated heterocycles. The summed E-state index contributed by atoms with van der Waals surface area (Å²) in [7, 11) is -3.92. The standard InChI is InChI=1S/C34H28ClN5O3S2/c1-23-17-19-26(20-18-23)45(42,43)33-28(35)14-8-16-30(33)36-21-31-38-39-34(40(31)25-11-3-2-4-12-25)44-22-32(41)37-29-15-7-10-24-9-5-6-13-27(24)29/h2-20,36H,21-22H2,1H3,(H,37,41). The van der Waals surface area contributed by atoms with Crippen LogP contribution in [0.5, 0.6) is 0 Å². The van der Waals surface area contributed by atoms with E-state index in [2.05, 4.69) is 20.8 Å². The van der Waals surface area contributed by atoms with Crippen molar-refractivity contribution in [3.05, 3.63) is 132 Å². The van der Waals surface area contributed by atoms with Crippen molar-refractivity contribution < 1.29 is 13.2 Å². The highest BCUT2D eigenvalue weighted by atomic mass is 35.5. The van der Waals surface area contributed by atoms with Crippen LogP contribution in [0.1, 0.15) is 11.4 Å². The van der Waals surface area contributed by atoms with Crippen LogP contribution in [0.4, 0.5) is 11.4 Å². The third-order valence-corrected chi connectivity index (χ3v) is 10.3. The normalized spacial score (nSPS) is 11.4. The molecule has 5 aromatic carbocycles. The zero-order chi connectivity index (χ0) is 31.4. The summed E-state index contributed by atoms with van der Waals surface area (Å²) in [4.78, 5) is 13.2. The van der Waals surface area contributed by atoms with E-state index in [-0.39, 0.29) is 33.0 Å². The maximum absolute atomic E-state index is 13.6. The van der Waals surface area contributed by atoms with Crippen molar-refractivity contribution >= 4 is 61.3 Å². The molecule has 8 nitrogen and oxygen atoms in total. The van der Waals surface area contributed by atoms with E-state index in [1.807, 2.05) is 84.3 Å². The van der Waals surface area contributed by atoms with Crippen molar-refractivity contribution in [3.8, 4) is 5.69 Å². The molecule has 226 valence electrons. The highest BCUT2D eigenvalue weighted by Crippen LogP contribution is 2.34. The van der Waals surface area contributed by atoms with Crippen molar-refractivity contribution in [1.29, 1.82) is 0 Å². The van der Waals surface area contributed by atoms with Gasteiger partial charge in [-0.1, -0.05) is 102 Å². The van der Waals surface area contributed by atoms with Crippen LogP contribution < -0.4 is 10.6 Å². The van der Waals surface area contributed by atoms with Crippen LogP contribution in [0.3, 0.4) is 0 Å². The first-order valence-corrected chi connectivity index (χ1v) is 16.9. The number of aromatic nitrogens is 3. The zero-order valence-electron chi connectivity index (χ0n) is 24.1. The molecule has 0 fully saturated rings. The average Bonchev–Trinajstić information content (AvgIpc) is 3.46. The fraction of sp³-hybridized carbons (Fsp3) is 0.0882. The molecule has 0 aliphatic heterocycles. The van der Waals surface area contributed by atoms with Gasteiger partial charge >= 0.3 is 0 Å². The number of hydrogen-bond donors (Lipinski definition) is 2. The van der Waals surface area contributed by atoms with Crippen LogP contribution in [0.2, 0.25) is 5.02 Å². The molecule has 0 aliphatic rings. The third kappa shape index (κ3) is 6.58. The lowest BCUT2D eigenvalue weighted by atomic mass is 10.1. The average molecular weight is 654 g/mol. The molecule has 1 aromatic heterocycles. The Balaban J connectivity index is 1.24. The van der Waals surface area contributed by atoms with Crippen LogP contribution in [-0.4, -0.2) is 34.8 Å². The number of sulfone groups is 1. The molecule has 0 spiro atoms. The second-order valence-electron chi connectivity index (χ2n) is 10.2. The van der Waals surface area contributed by atoms with Crippen LogP contribution in [0.15, 0.2) is 130 Å². The number of fused-ring (bicyclic) bond motifs is 1. The summed E-state index contributed by atoms with van der Waals surface area (Å²) in [5, 5.41) is 17.7. The monoisotopic (exact) mass is 653 g/mol. The van der Waals surface area contributed by atoms with E-state index in [9.17, 15) is 13.2 Å². The molecule has 1 amide bonds. The van der Waals surface area contributed by atoms with Crippen molar-refractivity contribution in [1.82, 2.24) is 14.8 Å². The summed E-state index contributed by atoms with van der Waals surface area (Å²) in [5.74, 6) is 0.454. The minimum absolute atomic E-state index is 0.0130. The molecule has 0 unspecified atom stereocenters. The molecule has 45 heavy (non-hydrogen) atoms. The molecule has 1 heterocycles. The number of carbonyl (C=O) groups is 1. The number of rotatable bonds is 10. The van der Waals surface area contributed by atoms with E-state index < -0.39 is 9.84 Å². The molecule has 0 aliphatic carbocycles. The zero-order valence-corrected chi connectivity index (χ0v) is 26.5. The van der Waals surface area contributed by atoms with E-state index >= 15 is 0 Å². The van der Waals surface area contributed by atoms with Crippen LogP contribution in [0.25, 0.3) is 16.5 Å². The predicted molar refractivity (Wildman–Crippen MR) is 180 cm³/mol. The number of nitrogens with zero attached hydrogens (tertiary/aromatic N) is 3. The van der Waals surface area contributed by atoms with Gasteiger partial charge in [0.1, 0.15) is 4.90 Å². The first-order valence-electron chi connectivity index (χ1n) is 14.1. The van der Waals surface area contributed by atoms with Crippen molar-refractivity contribution in [2.24, 2.45) is 0 Å². The number of carbonyl (C=O) groups excluding carboxylic acids is 1. The van der Waals surface area contributed by atoms with Crippen LogP contribution in [-0.2, 0) is 21.2 Å². The minimum atomic E-state index is -3.92. The molecule has 0 bridgehead atoms. The van der Waals surface area contributed by atoms with Gasteiger partial charge in [-0.25, -0.2) is 8.42 Å². The summed E-state index contributed by atoms with van der Waals surface area (Å²) in [6, 6.07) is 34.8. The number of aryl methyl sites for hydroxylation is 1. The molecule has 11 heteroatoms. The van der Waals surface area contributed by atoms with Gasteiger partial charge in [0, 0.05) is 16.8 Å². The molecule has 6 rings (SSSR count). The Labute approximate surface area is 270 Å². The second-order valence-corrected chi connectivity index (χ2v) is 13.5. The van der Waals surface area contributed by atoms with Gasteiger partial charge in [-0.2, -0.15) is 0 Å².